The molecule has 0 radical (unpaired) electrons. The molecule has 0 unspecified atom stereocenters. The first-order valence-electron chi connectivity index (χ1n) is 6.40. The predicted octanol–water partition coefficient (Wildman–Crippen LogP) is 4.52. The first-order chi connectivity index (χ1) is 9.80. The number of halogens is 8. The van der Waals surface area contributed by atoms with Crippen LogP contribution in [0.2, 0.25) is 0 Å². The highest BCUT2D eigenvalue weighted by atomic mass is 79.9. The number of nitrogens with zero attached hydrogens (tertiary/aromatic N) is 1. The predicted molar refractivity (Wildman–Crippen MR) is 86.8 cm³/mol. The Morgan fingerprint density at radius 3 is 2.13 bits per heavy atom. The Labute approximate surface area is 151 Å². The van der Waals surface area contributed by atoms with E-state index in [9.17, 15) is 22.0 Å². The van der Waals surface area contributed by atoms with E-state index in [4.69, 9.17) is 0 Å². The van der Waals surface area contributed by atoms with E-state index in [0.717, 1.165) is 12.1 Å². The van der Waals surface area contributed by atoms with Crippen molar-refractivity contribution in [1.29, 1.82) is 0 Å². The largest absolute Gasteiger partial charge is 0.416 e. The molecule has 1 fully saturated rings. The molecule has 0 saturated carbocycles. The van der Waals surface area contributed by atoms with Gasteiger partial charge in [-0.1, -0.05) is 15.9 Å². The summed E-state index contributed by atoms with van der Waals surface area (Å²) in [4.78, 5) is 1.52. The molecule has 23 heavy (non-hydrogen) atoms. The van der Waals surface area contributed by atoms with E-state index in [1.165, 1.54) is 11.0 Å². The Balaban J connectivity index is 0.00000242. The van der Waals surface area contributed by atoms with Gasteiger partial charge < -0.3 is 5.32 Å². The van der Waals surface area contributed by atoms with Gasteiger partial charge in [-0.25, -0.2) is 8.78 Å². The summed E-state index contributed by atoms with van der Waals surface area (Å²) in [5.41, 5.74) is -0.941. The third kappa shape index (κ3) is 5.70. The topological polar surface area (TPSA) is 15.3 Å². The van der Waals surface area contributed by atoms with Gasteiger partial charge in [-0.2, -0.15) is 13.2 Å². The van der Waals surface area contributed by atoms with Gasteiger partial charge in [0.25, 0.3) is 6.43 Å². The normalized spacial score (nSPS) is 17.3. The number of rotatable bonds is 3. The Morgan fingerprint density at radius 1 is 1.09 bits per heavy atom. The Kier molecular flexibility index (Phi) is 9.30. The van der Waals surface area contributed by atoms with Crippen molar-refractivity contribution >= 4 is 40.7 Å². The van der Waals surface area contributed by atoms with Crippen LogP contribution in [0.25, 0.3) is 0 Å². The maximum atomic E-state index is 13.4. The second-order valence-electron chi connectivity index (χ2n) is 4.80. The van der Waals surface area contributed by atoms with Crippen LogP contribution < -0.4 is 5.32 Å². The minimum absolute atomic E-state index is 0. The highest BCUT2D eigenvalue weighted by Gasteiger charge is 2.35. The van der Waals surface area contributed by atoms with Crippen molar-refractivity contribution in [2.75, 3.05) is 26.2 Å². The zero-order chi connectivity index (χ0) is 15.6. The maximum Gasteiger partial charge on any atom is 0.416 e. The summed E-state index contributed by atoms with van der Waals surface area (Å²) in [5, 5.41) is 3.03. The molecule has 1 aromatic carbocycles. The van der Waals surface area contributed by atoms with Crippen LogP contribution in [0.4, 0.5) is 22.0 Å². The summed E-state index contributed by atoms with van der Waals surface area (Å²) >= 11 is 3.09. The molecule has 1 heterocycles. The number of nitrogens with one attached hydrogen (secondary N) is 1. The summed E-state index contributed by atoms with van der Waals surface area (Å²) in [6, 6.07) is 1.52. The fraction of sp³-hybridized carbons (Fsp3) is 0.538. The van der Waals surface area contributed by atoms with Crippen molar-refractivity contribution in [3.63, 3.8) is 0 Å². The van der Waals surface area contributed by atoms with Gasteiger partial charge in [-0.15, -0.1) is 24.8 Å². The molecule has 1 aliphatic rings. The van der Waals surface area contributed by atoms with Gasteiger partial charge in [0.15, 0.2) is 0 Å². The lowest BCUT2D eigenvalue weighted by Crippen LogP contribution is -2.47. The molecule has 0 aliphatic carbocycles. The molecule has 10 heteroatoms. The molecular formula is C13H16BrCl2F5N2. The summed E-state index contributed by atoms with van der Waals surface area (Å²) < 4.78 is 65.4. The highest BCUT2D eigenvalue weighted by Crippen LogP contribution is 2.37. The summed E-state index contributed by atoms with van der Waals surface area (Å²) in [5.74, 6) is 0. The fourth-order valence-corrected chi connectivity index (χ4v) is 2.88. The Bertz CT molecular complexity index is 496. The average Bonchev–Trinajstić information content (AvgIpc) is 2.40. The van der Waals surface area contributed by atoms with Crippen LogP contribution in [0.1, 0.15) is 17.2 Å². The van der Waals surface area contributed by atoms with Crippen LogP contribution in [0.3, 0.4) is 0 Å². The minimum Gasteiger partial charge on any atom is -0.314 e. The van der Waals surface area contributed by atoms with Crippen LogP contribution in [0, 0.1) is 0 Å². The lowest BCUT2D eigenvalue weighted by molar-refractivity contribution is -0.137. The fourth-order valence-electron chi connectivity index (χ4n) is 2.40. The number of hydrogen-bond donors (Lipinski definition) is 1. The molecule has 134 valence electrons. The minimum atomic E-state index is -4.55. The first kappa shape index (κ1) is 22.9. The molecule has 0 aromatic heterocycles. The molecule has 2 nitrogen and oxygen atoms in total. The van der Waals surface area contributed by atoms with Crippen molar-refractivity contribution in [3.05, 3.63) is 33.8 Å². The molecule has 0 bridgehead atoms. The molecule has 1 saturated heterocycles. The van der Waals surface area contributed by atoms with Crippen LogP contribution >= 0.6 is 40.7 Å². The van der Waals surface area contributed by atoms with E-state index >= 15 is 0 Å². The Morgan fingerprint density at radius 2 is 1.65 bits per heavy atom. The molecule has 2 rings (SSSR count). The zero-order valence-electron chi connectivity index (χ0n) is 11.7. The van der Waals surface area contributed by atoms with Gasteiger partial charge in [0, 0.05) is 30.7 Å². The van der Waals surface area contributed by atoms with E-state index in [1.807, 2.05) is 0 Å². The maximum absolute atomic E-state index is 13.4. The monoisotopic (exact) mass is 444 g/mol. The Hall–Kier alpha value is -0.150. The number of piperazine rings is 1. The van der Waals surface area contributed by atoms with E-state index in [-0.39, 0.29) is 34.9 Å². The average molecular weight is 446 g/mol. The van der Waals surface area contributed by atoms with E-state index in [0.29, 0.717) is 26.2 Å². The van der Waals surface area contributed by atoms with Crippen molar-refractivity contribution in [1.82, 2.24) is 10.2 Å². The van der Waals surface area contributed by atoms with Crippen molar-refractivity contribution in [2.45, 2.75) is 18.6 Å². The standard InChI is InChI=1S/C13H14BrF5N2.2ClH/c14-10-2-1-8(13(17,18)19)7-9(10)11(12(15)16)21-5-3-20-4-6-21;;/h1-2,7,11-12,20H,3-6H2;2*1H/t11-;;/m0../s1. The number of hydrogen-bond acceptors (Lipinski definition) is 2. The second kappa shape index (κ2) is 9.36. The smallest absolute Gasteiger partial charge is 0.314 e. The van der Waals surface area contributed by atoms with Gasteiger partial charge in [-0.3, -0.25) is 4.90 Å². The summed E-state index contributed by atoms with van der Waals surface area (Å²) in [6.07, 6.45) is -7.31. The van der Waals surface area contributed by atoms with Gasteiger partial charge in [0.1, 0.15) is 0 Å². The van der Waals surface area contributed by atoms with Crippen molar-refractivity contribution in [2.24, 2.45) is 0 Å². The quantitative estimate of drug-likeness (QED) is 0.688. The van der Waals surface area contributed by atoms with Gasteiger partial charge >= 0.3 is 6.18 Å². The summed E-state index contributed by atoms with van der Waals surface area (Å²) in [6.45, 7) is 1.83. The van der Waals surface area contributed by atoms with E-state index in [1.54, 1.807) is 0 Å². The van der Waals surface area contributed by atoms with Gasteiger partial charge in [0.05, 0.1) is 11.6 Å². The third-order valence-electron chi connectivity index (χ3n) is 3.43. The van der Waals surface area contributed by atoms with Crippen molar-refractivity contribution in [3.8, 4) is 0 Å². The second-order valence-corrected chi connectivity index (χ2v) is 5.65. The van der Waals surface area contributed by atoms with E-state index in [2.05, 4.69) is 21.2 Å². The van der Waals surface area contributed by atoms with Crippen molar-refractivity contribution < 1.29 is 22.0 Å². The van der Waals surface area contributed by atoms with Gasteiger partial charge in [0.2, 0.25) is 0 Å². The molecule has 1 aliphatic heterocycles. The SMILES string of the molecule is Cl.Cl.FC(F)[C@H](c1cc(C(F)(F)F)ccc1Br)N1CCNCC1. The van der Waals surface area contributed by atoms with Crippen LogP contribution in [0.15, 0.2) is 22.7 Å². The van der Waals surface area contributed by atoms with E-state index < -0.39 is 24.2 Å². The number of benzene rings is 1. The third-order valence-corrected chi connectivity index (χ3v) is 4.15. The molecule has 1 N–H and O–H groups in total. The summed E-state index contributed by atoms with van der Waals surface area (Å²) in [7, 11) is 0. The molecule has 0 amide bonds. The lowest BCUT2D eigenvalue weighted by Gasteiger charge is -2.35. The lowest BCUT2D eigenvalue weighted by atomic mass is 10.0. The van der Waals surface area contributed by atoms with Crippen LogP contribution in [-0.4, -0.2) is 37.5 Å². The first-order valence-corrected chi connectivity index (χ1v) is 7.19. The van der Waals surface area contributed by atoms with Crippen LogP contribution in [-0.2, 0) is 6.18 Å². The molecule has 1 aromatic rings. The zero-order valence-corrected chi connectivity index (χ0v) is 15.0. The van der Waals surface area contributed by atoms with Gasteiger partial charge in [-0.05, 0) is 23.8 Å². The molecule has 0 spiro atoms. The highest BCUT2D eigenvalue weighted by molar-refractivity contribution is 9.10. The molecule has 1 atom stereocenters. The number of alkyl halides is 5. The molecular weight excluding hydrogens is 430 g/mol. The van der Waals surface area contributed by atoms with Crippen LogP contribution in [0.5, 0.6) is 0 Å².